The second-order valence-electron chi connectivity index (χ2n) is 5.74. The van der Waals surface area contributed by atoms with Crippen molar-refractivity contribution < 1.29 is 13.2 Å². The third-order valence-corrected chi connectivity index (χ3v) is 6.34. The summed E-state index contributed by atoms with van der Waals surface area (Å²) < 4.78 is 34.1. The lowest BCUT2D eigenvalue weighted by Gasteiger charge is -2.31. The number of hydrogen-bond acceptors (Lipinski definition) is 5. The second kappa shape index (κ2) is 6.12. The fourth-order valence-electron chi connectivity index (χ4n) is 3.19. The number of rotatable bonds is 3. The van der Waals surface area contributed by atoms with Gasteiger partial charge in [0.25, 0.3) is 0 Å². The molecule has 4 rings (SSSR count). The summed E-state index contributed by atoms with van der Waals surface area (Å²) in [6, 6.07) is 5.69. The van der Waals surface area contributed by atoms with Gasteiger partial charge in [-0.1, -0.05) is 6.07 Å². The van der Waals surface area contributed by atoms with E-state index >= 15 is 0 Å². The highest BCUT2D eigenvalue weighted by atomic mass is 32.2. The van der Waals surface area contributed by atoms with E-state index in [9.17, 15) is 8.42 Å². The maximum atomic E-state index is 13.0. The van der Waals surface area contributed by atoms with Crippen LogP contribution in [0.1, 0.15) is 5.56 Å². The summed E-state index contributed by atoms with van der Waals surface area (Å²) in [5.74, 6) is 0. The van der Waals surface area contributed by atoms with E-state index in [2.05, 4.69) is 9.97 Å². The molecule has 7 nitrogen and oxygen atoms in total. The molecule has 126 valence electrons. The van der Waals surface area contributed by atoms with E-state index in [0.29, 0.717) is 45.0 Å². The zero-order valence-electron chi connectivity index (χ0n) is 13.1. The Hall–Kier alpha value is -2.03. The van der Waals surface area contributed by atoms with Crippen molar-refractivity contribution in [3.05, 3.63) is 42.4 Å². The van der Waals surface area contributed by atoms with Gasteiger partial charge in [0.05, 0.1) is 30.8 Å². The van der Waals surface area contributed by atoms with Crippen molar-refractivity contribution in [1.82, 2.24) is 14.3 Å². The summed E-state index contributed by atoms with van der Waals surface area (Å²) in [6.45, 7) is 2.09. The topological polar surface area (TPSA) is 75.6 Å². The van der Waals surface area contributed by atoms with Gasteiger partial charge in [-0.05, 0) is 24.1 Å². The van der Waals surface area contributed by atoms with Gasteiger partial charge < -0.3 is 4.74 Å². The molecular weight excluding hydrogens is 328 g/mol. The first-order valence-corrected chi connectivity index (χ1v) is 9.31. The van der Waals surface area contributed by atoms with Gasteiger partial charge in [-0.25, -0.2) is 0 Å². The van der Waals surface area contributed by atoms with Crippen LogP contribution in [0.4, 0.5) is 5.69 Å². The lowest BCUT2D eigenvalue weighted by atomic mass is 10.0. The number of fused-ring (bicyclic) bond motifs is 1. The third kappa shape index (κ3) is 2.56. The molecule has 2 aliphatic rings. The second-order valence-corrected chi connectivity index (χ2v) is 7.59. The summed E-state index contributed by atoms with van der Waals surface area (Å²) in [6.07, 6.45) is 5.78. The summed E-state index contributed by atoms with van der Waals surface area (Å²) >= 11 is 0. The molecule has 1 saturated heterocycles. The number of anilines is 1. The van der Waals surface area contributed by atoms with Crippen LogP contribution in [0.5, 0.6) is 0 Å². The van der Waals surface area contributed by atoms with Crippen LogP contribution in [0, 0.1) is 0 Å². The number of ether oxygens (including phenoxy) is 1. The van der Waals surface area contributed by atoms with E-state index in [4.69, 9.17) is 4.74 Å². The summed E-state index contributed by atoms with van der Waals surface area (Å²) in [7, 11) is -3.55. The number of hydrogen-bond donors (Lipinski definition) is 0. The standard InChI is InChI=1S/C16H18N4O3S/c21-24(22,19-7-9-23-10-8-19)20-6-4-13-14(11-17-12-16(13)20)15-3-1-2-5-18-15/h1-3,5,11-12H,4,6-10H2. The largest absolute Gasteiger partial charge is 0.379 e. The molecule has 0 amide bonds. The Kier molecular flexibility index (Phi) is 3.95. The number of aromatic nitrogens is 2. The Bertz CT molecular complexity index is 836. The molecule has 4 heterocycles. The number of morpholine rings is 1. The zero-order valence-corrected chi connectivity index (χ0v) is 13.9. The molecule has 2 aliphatic heterocycles. The average molecular weight is 346 g/mol. The molecule has 0 aromatic carbocycles. The van der Waals surface area contributed by atoms with Crippen LogP contribution >= 0.6 is 0 Å². The maximum absolute atomic E-state index is 13.0. The van der Waals surface area contributed by atoms with E-state index in [1.165, 1.54) is 8.61 Å². The molecule has 1 fully saturated rings. The van der Waals surface area contributed by atoms with Crippen LogP contribution in [0.15, 0.2) is 36.8 Å². The molecule has 0 aliphatic carbocycles. The predicted molar refractivity (Wildman–Crippen MR) is 89.8 cm³/mol. The van der Waals surface area contributed by atoms with Crippen LogP contribution in [0.3, 0.4) is 0 Å². The van der Waals surface area contributed by atoms with E-state index < -0.39 is 10.2 Å². The maximum Gasteiger partial charge on any atom is 0.304 e. The first-order chi connectivity index (χ1) is 11.7. The summed E-state index contributed by atoms with van der Waals surface area (Å²) in [5, 5.41) is 0. The fourth-order valence-corrected chi connectivity index (χ4v) is 4.80. The van der Waals surface area contributed by atoms with Crippen LogP contribution in [-0.4, -0.2) is 55.5 Å². The van der Waals surface area contributed by atoms with Crippen molar-refractivity contribution in [2.24, 2.45) is 0 Å². The van der Waals surface area contributed by atoms with Crippen LogP contribution in [-0.2, 0) is 21.4 Å². The first-order valence-electron chi connectivity index (χ1n) is 7.92. The zero-order chi connectivity index (χ0) is 16.6. The van der Waals surface area contributed by atoms with E-state index in [-0.39, 0.29) is 0 Å². The van der Waals surface area contributed by atoms with Gasteiger partial charge in [-0.3, -0.25) is 14.3 Å². The highest BCUT2D eigenvalue weighted by molar-refractivity contribution is 7.90. The molecule has 0 N–H and O–H groups in total. The number of pyridine rings is 2. The van der Waals surface area contributed by atoms with E-state index in [0.717, 1.165) is 16.8 Å². The lowest BCUT2D eigenvalue weighted by molar-refractivity contribution is 0.0729. The fraction of sp³-hybridized carbons (Fsp3) is 0.375. The molecule has 2 aromatic rings. The van der Waals surface area contributed by atoms with Crippen molar-refractivity contribution in [1.29, 1.82) is 0 Å². The van der Waals surface area contributed by atoms with Crippen LogP contribution < -0.4 is 4.31 Å². The molecule has 0 unspecified atom stereocenters. The van der Waals surface area contributed by atoms with Gasteiger partial charge in [0, 0.05) is 37.6 Å². The smallest absolute Gasteiger partial charge is 0.304 e. The highest BCUT2D eigenvalue weighted by Crippen LogP contribution is 2.36. The Morgan fingerprint density at radius 3 is 2.67 bits per heavy atom. The van der Waals surface area contributed by atoms with Gasteiger partial charge in [0.2, 0.25) is 0 Å². The Morgan fingerprint density at radius 2 is 1.92 bits per heavy atom. The monoisotopic (exact) mass is 346 g/mol. The summed E-state index contributed by atoms with van der Waals surface area (Å²) in [4.78, 5) is 8.62. The van der Waals surface area contributed by atoms with Gasteiger partial charge in [-0.2, -0.15) is 12.7 Å². The quantitative estimate of drug-likeness (QED) is 0.831. The number of nitrogens with zero attached hydrogens (tertiary/aromatic N) is 4. The molecule has 2 aromatic heterocycles. The van der Waals surface area contributed by atoms with Crippen molar-refractivity contribution >= 4 is 15.9 Å². The van der Waals surface area contributed by atoms with Gasteiger partial charge >= 0.3 is 10.2 Å². The molecule has 24 heavy (non-hydrogen) atoms. The van der Waals surface area contributed by atoms with Gasteiger partial charge in [0.1, 0.15) is 0 Å². The Labute approximate surface area is 141 Å². The normalized spacial score (nSPS) is 18.6. The first kappa shape index (κ1) is 15.5. The third-order valence-electron chi connectivity index (χ3n) is 4.38. The Balaban J connectivity index is 1.72. The molecule has 0 saturated carbocycles. The molecule has 8 heteroatoms. The van der Waals surface area contributed by atoms with Crippen molar-refractivity contribution in [3.63, 3.8) is 0 Å². The minimum Gasteiger partial charge on any atom is -0.379 e. The molecule has 0 atom stereocenters. The molecular formula is C16H18N4O3S. The average Bonchev–Trinajstić information content (AvgIpc) is 3.08. The molecule has 0 spiro atoms. The van der Waals surface area contributed by atoms with Crippen LogP contribution in [0.25, 0.3) is 11.3 Å². The van der Waals surface area contributed by atoms with Gasteiger partial charge in [0.15, 0.2) is 0 Å². The Morgan fingerprint density at radius 1 is 1.08 bits per heavy atom. The van der Waals surface area contributed by atoms with E-state index in [1.54, 1.807) is 18.6 Å². The highest BCUT2D eigenvalue weighted by Gasteiger charge is 2.36. The summed E-state index contributed by atoms with van der Waals surface area (Å²) in [5.41, 5.74) is 3.35. The van der Waals surface area contributed by atoms with Crippen molar-refractivity contribution in [2.45, 2.75) is 6.42 Å². The molecule has 0 bridgehead atoms. The van der Waals surface area contributed by atoms with Gasteiger partial charge in [-0.15, -0.1) is 0 Å². The minimum absolute atomic E-state index is 0.390. The van der Waals surface area contributed by atoms with E-state index in [1.807, 2.05) is 18.2 Å². The predicted octanol–water partition coefficient (Wildman–Crippen LogP) is 1.08. The van der Waals surface area contributed by atoms with Crippen molar-refractivity contribution in [3.8, 4) is 11.3 Å². The lowest BCUT2D eigenvalue weighted by Crippen LogP contribution is -2.48. The SMILES string of the molecule is O=S(=O)(N1CCOCC1)N1CCc2c(-c3ccccn3)cncc21. The van der Waals surface area contributed by atoms with Crippen LogP contribution in [0.2, 0.25) is 0 Å². The van der Waals surface area contributed by atoms with Crippen molar-refractivity contribution in [2.75, 3.05) is 37.2 Å². The minimum atomic E-state index is -3.55. The molecule has 0 radical (unpaired) electrons.